The van der Waals surface area contributed by atoms with Crippen molar-refractivity contribution in [1.29, 1.82) is 0 Å². The number of aliphatic hydroxyl groups excluding tert-OH is 1. The van der Waals surface area contributed by atoms with Crippen molar-refractivity contribution in [3.8, 4) is 0 Å². The Morgan fingerprint density at radius 1 is 1.15 bits per heavy atom. The maximum Gasteiger partial charge on any atom is 0.331 e. The van der Waals surface area contributed by atoms with Crippen LogP contribution in [0.15, 0.2) is 95.9 Å². The van der Waals surface area contributed by atoms with Gasteiger partial charge in [0.2, 0.25) is 5.91 Å². The second-order valence-electron chi connectivity index (χ2n) is 13.1. The number of carbonyl (C=O) groups is 3. The van der Waals surface area contributed by atoms with Crippen LogP contribution in [0.25, 0.3) is 0 Å². The number of allylic oxidation sites excluding steroid dienone is 8. The highest BCUT2D eigenvalue weighted by Crippen LogP contribution is 2.24. The summed E-state index contributed by atoms with van der Waals surface area (Å²) in [6.07, 6.45) is 22.8. The molecule has 0 saturated heterocycles. The van der Waals surface area contributed by atoms with Gasteiger partial charge in [0.25, 0.3) is 0 Å². The molecule has 0 aromatic carbocycles. The summed E-state index contributed by atoms with van der Waals surface area (Å²) in [5.41, 5.74) is 3.76. The molecule has 0 bridgehead atoms. The first kappa shape index (κ1) is 39.3. The Hall–Kier alpha value is -3.84. The molecular formula is C40H56N2O5. The molecule has 0 fully saturated rings. The van der Waals surface area contributed by atoms with Crippen molar-refractivity contribution in [2.75, 3.05) is 6.54 Å². The van der Waals surface area contributed by atoms with Gasteiger partial charge in [0, 0.05) is 42.9 Å². The van der Waals surface area contributed by atoms with Gasteiger partial charge in [-0.3, -0.25) is 14.6 Å². The minimum absolute atomic E-state index is 0.0662. The number of rotatable bonds is 18. The van der Waals surface area contributed by atoms with E-state index in [1.54, 1.807) is 25.4 Å². The number of ether oxygens (including phenoxy) is 1. The number of hydrogen-bond acceptors (Lipinski definition) is 6. The maximum absolute atomic E-state index is 13.2. The second kappa shape index (κ2) is 20.4. The number of pyridine rings is 1. The largest absolute Gasteiger partial charge is 0.454 e. The van der Waals surface area contributed by atoms with Gasteiger partial charge in [0.05, 0.1) is 6.10 Å². The molecule has 1 aromatic heterocycles. The normalized spacial score (nSPS) is 21.0. The Morgan fingerprint density at radius 3 is 2.57 bits per heavy atom. The summed E-state index contributed by atoms with van der Waals surface area (Å²) in [5.74, 6) is -0.724. The van der Waals surface area contributed by atoms with Crippen LogP contribution in [0, 0.1) is 29.6 Å². The average Bonchev–Trinajstić information content (AvgIpc) is 3.03. The third-order valence-electron chi connectivity index (χ3n) is 8.53. The lowest BCUT2D eigenvalue weighted by molar-refractivity contribution is -0.143. The van der Waals surface area contributed by atoms with Crippen molar-refractivity contribution in [3.63, 3.8) is 0 Å². The van der Waals surface area contributed by atoms with Gasteiger partial charge < -0.3 is 15.2 Å². The summed E-state index contributed by atoms with van der Waals surface area (Å²) in [4.78, 5) is 41.2. The number of aromatic nitrogens is 1. The molecule has 0 aliphatic carbocycles. The van der Waals surface area contributed by atoms with Crippen LogP contribution in [-0.4, -0.2) is 46.5 Å². The van der Waals surface area contributed by atoms with Gasteiger partial charge >= 0.3 is 5.97 Å². The Kier molecular flexibility index (Phi) is 17.1. The lowest BCUT2D eigenvalue weighted by atomic mass is 9.84. The molecule has 1 amide bonds. The van der Waals surface area contributed by atoms with E-state index in [2.05, 4.69) is 55.4 Å². The summed E-state index contributed by atoms with van der Waals surface area (Å²) in [6.45, 7) is 16.3. The lowest BCUT2D eigenvalue weighted by Gasteiger charge is -2.24. The van der Waals surface area contributed by atoms with E-state index in [0.717, 1.165) is 24.0 Å². The number of nitrogens with zero attached hydrogens (tertiary/aromatic N) is 1. The Balaban J connectivity index is 1.84. The highest BCUT2D eigenvalue weighted by Gasteiger charge is 2.28. The third kappa shape index (κ3) is 14.6. The number of nitrogens with one attached hydrogen (secondary N) is 1. The van der Waals surface area contributed by atoms with Crippen LogP contribution in [0.1, 0.15) is 80.2 Å². The molecule has 2 rings (SSSR count). The minimum Gasteiger partial charge on any atom is -0.454 e. The van der Waals surface area contributed by atoms with Crippen molar-refractivity contribution >= 4 is 17.7 Å². The summed E-state index contributed by atoms with van der Waals surface area (Å²) in [6, 6.07) is 3.85. The summed E-state index contributed by atoms with van der Waals surface area (Å²) >= 11 is 0. The minimum atomic E-state index is -0.826. The summed E-state index contributed by atoms with van der Waals surface area (Å²) < 4.78 is 5.42. The van der Waals surface area contributed by atoms with Crippen molar-refractivity contribution in [2.45, 2.75) is 93.3 Å². The molecule has 7 nitrogen and oxygen atoms in total. The SMILES string of the molecule is CCC(C=C[C@@H]1OC(=O)C=C[C@@H]1C)=C[C@H](C)C/C=C/C(C)C=C(C)C(=O)[C@@H](C)[C@H](O)[C@@H](C)CC(C)=CC(=O)NCCc1cccnc1. The van der Waals surface area contributed by atoms with E-state index in [1.165, 1.54) is 11.6 Å². The smallest absolute Gasteiger partial charge is 0.331 e. The van der Waals surface area contributed by atoms with Crippen molar-refractivity contribution in [3.05, 3.63) is 101 Å². The number of amides is 1. The maximum atomic E-state index is 13.2. The van der Waals surface area contributed by atoms with E-state index in [9.17, 15) is 19.5 Å². The number of aliphatic hydroxyl groups is 1. The van der Waals surface area contributed by atoms with Crippen molar-refractivity contribution < 1.29 is 24.2 Å². The van der Waals surface area contributed by atoms with Gasteiger partial charge in [0.1, 0.15) is 6.10 Å². The van der Waals surface area contributed by atoms with Crippen LogP contribution in [0.5, 0.6) is 0 Å². The Labute approximate surface area is 282 Å². The molecule has 1 aliphatic heterocycles. The van der Waals surface area contributed by atoms with Gasteiger partial charge in [-0.2, -0.15) is 0 Å². The van der Waals surface area contributed by atoms with E-state index in [0.29, 0.717) is 30.9 Å². The molecule has 0 saturated carbocycles. The predicted octanol–water partition coefficient (Wildman–Crippen LogP) is 7.45. The predicted molar refractivity (Wildman–Crippen MR) is 190 cm³/mol. The number of hydrogen-bond donors (Lipinski definition) is 2. The van der Waals surface area contributed by atoms with E-state index in [-0.39, 0.29) is 41.5 Å². The molecule has 0 radical (unpaired) electrons. The monoisotopic (exact) mass is 644 g/mol. The highest BCUT2D eigenvalue weighted by atomic mass is 16.5. The zero-order chi connectivity index (χ0) is 34.9. The first-order valence-electron chi connectivity index (χ1n) is 17.0. The number of cyclic esters (lactones) is 1. The van der Waals surface area contributed by atoms with E-state index >= 15 is 0 Å². The molecule has 1 unspecified atom stereocenters. The standard InChI is InChI=1S/C40H56N2O5/c1-9-34(16-17-36-30(5)15-18-38(44)47-36)24-28(3)13-10-12-27(2)22-31(6)39(45)33(8)40(46)32(7)23-29(4)25-37(43)42-21-19-35-14-11-20-41-26-35/h10-12,14-18,20,22,24-28,30,32-33,36,40,46H,9,13,19,21,23H2,1-8H3,(H,42,43)/b12-10+,17-16?,29-25?,31-22?,34-24?/t27?,28-,30+,32+,33-,36+,40-/m1/s1. The van der Waals surface area contributed by atoms with Gasteiger partial charge in [-0.15, -0.1) is 0 Å². The molecule has 7 heteroatoms. The van der Waals surface area contributed by atoms with E-state index in [1.807, 2.05) is 58.1 Å². The van der Waals surface area contributed by atoms with Crippen molar-refractivity contribution in [2.24, 2.45) is 29.6 Å². The summed E-state index contributed by atoms with van der Waals surface area (Å²) in [7, 11) is 0. The van der Waals surface area contributed by atoms with Crippen molar-refractivity contribution in [1.82, 2.24) is 10.3 Å². The van der Waals surface area contributed by atoms with E-state index in [4.69, 9.17) is 4.74 Å². The zero-order valence-electron chi connectivity index (χ0n) is 29.6. The van der Waals surface area contributed by atoms with Crippen LogP contribution in [0.3, 0.4) is 0 Å². The quantitative estimate of drug-likeness (QED) is 0.0744. The van der Waals surface area contributed by atoms with Gasteiger partial charge in [-0.25, -0.2) is 4.79 Å². The van der Waals surface area contributed by atoms with Crippen LogP contribution < -0.4 is 5.32 Å². The fourth-order valence-corrected chi connectivity index (χ4v) is 5.66. The van der Waals surface area contributed by atoms with Gasteiger partial charge in [0.15, 0.2) is 5.78 Å². The van der Waals surface area contributed by atoms with Gasteiger partial charge in [-0.05, 0) is 80.6 Å². The topological polar surface area (TPSA) is 106 Å². The molecule has 1 aromatic rings. The molecule has 1 aliphatic rings. The highest BCUT2D eigenvalue weighted by molar-refractivity contribution is 5.96. The molecule has 2 N–H and O–H groups in total. The van der Waals surface area contributed by atoms with Gasteiger partial charge in [-0.1, -0.05) is 95.2 Å². The molecule has 2 heterocycles. The third-order valence-corrected chi connectivity index (χ3v) is 8.53. The van der Waals surface area contributed by atoms with Crippen LogP contribution >= 0.6 is 0 Å². The fraction of sp³-hybridized carbons (Fsp3) is 0.500. The number of Topliss-reactive ketones (excluding diaryl/α,β-unsaturated/α-hetero) is 1. The fourth-order valence-electron chi connectivity index (χ4n) is 5.66. The van der Waals surface area contributed by atoms with E-state index < -0.39 is 12.0 Å². The zero-order valence-corrected chi connectivity index (χ0v) is 29.6. The molecule has 47 heavy (non-hydrogen) atoms. The molecule has 7 atom stereocenters. The first-order valence-corrected chi connectivity index (χ1v) is 17.0. The lowest BCUT2D eigenvalue weighted by Crippen LogP contribution is -2.32. The number of carbonyl (C=O) groups excluding carboxylic acids is 3. The van der Waals surface area contributed by atoms with Crippen LogP contribution in [0.2, 0.25) is 0 Å². The second-order valence-corrected chi connectivity index (χ2v) is 13.1. The number of esters is 1. The van der Waals surface area contributed by atoms with Crippen LogP contribution in [-0.2, 0) is 25.5 Å². The molecule has 256 valence electrons. The molecule has 0 spiro atoms. The Morgan fingerprint density at radius 2 is 1.89 bits per heavy atom. The van der Waals surface area contributed by atoms with Crippen LogP contribution in [0.4, 0.5) is 0 Å². The summed E-state index contributed by atoms with van der Waals surface area (Å²) in [5, 5.41) is 13.9. The Bertz CT molecular complexity index is 1350. The molecular weight excluding hydrogens is 588 g/mol. The first-order chi connectivity index (χ1) is 22.3. The average molecular weight is 645 g/mol. The number of ketones is 1.